The monoisotopic (exact) mass is 583 g/mol. The van der Waals surface area contributed by atoms with Gasteiger partial charge < -0.3 is 10.2 Å². The zero-order chi connectivity index (χ0) is 29.3. The van der Waals surface area contributed by atoms with Crippen molar-refractivity contribution in [2.24, 2.45) is 5.92 Å². The zero-order valence-electron chi connectivity index (χ0n) is 23.5. The van der Waals surface area contributed by atoms with Crippen molar-refractivity contribution in [3.8, 4) is 0 Å². The molecule has 3 rings (SSSR count). The highest BCUT2D eigenvalue weighted by atomic mass is 35.5. The van der Waals surface area contributed by atoms with Crippen molar-refractivity contribution in [1.29, 1.82) is 0 Å². The maximum absolute atomic E-state index is 14.0. The van der Waals surface area contributed by atoms with E-state index in [1.54, 1.807) is 36.4 Å². The number of rotatable bonds is 13. The van der Waals surface area contributed by atoms with Crippen LogP contribution in [0.3, 0.4) is 0 Å². The lowest BCUT2D eigenvalue weighted by molar-refractivity contribution is -0.139. The molecule has 0 unspecified atom stereocenters. The van der Waals surface area contributed by atoms with Crippen LogP contribution in [-0.4, -0.2) is 50.8 Å². The number of carbonyl (C=O) groups excluding carboxylic acids is 2. The molecule has 3 aromatic rings. The normalized spacial score (nSPS) is 12.2. The number of nitrogens with zero attached hydrogens (tertiary/aromatic N) is 2. The first kappa shape index (κ1) is 31.2. The lowest BCUT2D eigenvalue weighted by atomic mass is 10.1. The van der Waals surface area contributed by atoms with Crippen molar-refractivity contribution in [2.45, 2.75) is 51.5 Å². The summed E-state index contributed by atoms with van der Waals surface area (Å²) < 4.78 is 28.8. The Kier molecular flexibility index (Phi) is 11.2. The van der Waals surface area contributed by atoms with Gasteiger partial charge in [0, 0.05) is 13.1 Å². The van der Waals surface area contributed by atoms with Crippen molar-refractivity contribution in [3.63, 3.8) is 0 Å². The topological polar surface area (TPSA) is 86.8 Å². The second kappa shape index (κ2) is 14.3. The Balaban J connectivity index is 2.00. The third-order valence-corrected chi connectivity index (χ3v) is 8.66. The van der Waals surface area contributed by atoms with Gasteiger partial charge in [-0.3, -0.25) is 13.9 Å². The summed E-state index contributed by atoms with van der Waals surface area (Å²) in [5.74, 6) is -0.508. The summed E-state index contributed by atoms with van der Waals surface area (Å²) >= 11 is 6.46. The molecule has 2 amide bonds. The molecule has 0 aliphatic heterocycles. The molecule has 0 aromatic heterocycles. The van der Waals surface area contributed by atoms with E-state index in [0.29, 0.717) is 19.4 Å². The Labute approximate surface area is 243 Å². The molecule has 1 atom stereocenters. The minimum absolute atomic E-state index is 0.0448. The van der Waals surface area contributed by atoms with E-state index in [2.05, 4.69) is 5.32 Å². The maximum atomic E-state index is 14.0. The fraction of sp³-hybridized carbons (Fsp3) is 0.355. The Morgan fingerprint density at radius 1 is 0.925 bits per heavy atom. The van der Waals surface area contributed by atoms with Crippen LogP contribution in [0.2, 0.25) is 5.02 Å². The number of anilines is 1. The molecule has 3 aromatic carbocycles. The fourth-order valence-electron chi connectivity index (χ4n) is 4.32. The summed E-state index contributed by atoms with van der Waals surface area (Å²) in [6, 6.07) is 21.9. The molecule has 0 radical (unpaired) electrons. The van der Waals surface area contributed by atoms with Gasteiger partial charge in [0.15, 0.2) is 0 Å². The molecule has 214 valence electrons. The van der Waals surface area contributed by atoms with Gasteiger partial charge in [-0.05, 0) is 55.5 Å². The van der Waals surface area contributed by atoms with Crippen LogP contribution in [0.5, 0.6) is 0 Å². The molecule has 1 N–H and O–H groups in total. The van der Waals surface area contributed by atoms with Crippen molar-refractivity contribution < 1.29 is 18.0 Å². The zero-order valence-corrected chi connectivity index (χ0v) is 25.1. The number of benzene rings is 3. The number of nitrogens with one attached hydrogen (secondary N) is 1. The van der Waals surface area contributed by atoms with Crippen molar-refractivity contribution in [1.82, 2.24) is 10.2 Å². The Morgan fingerprint density at radius 2 is 1.55 bits per heavy atom. The highest BCUT2D eigenvalue weighted by Crippen LogP contribution is 2.30. The van der Waals surface area contributed by atoms with E-state index in [9.17, 15) is 18.0 Å². The SMILES string of the molecule is CC[C@@H](C(=O)NCC(C)C)N(CCc1ccccc1)C(=O)CN(c1ccccc1Cl)S(=O)(=O)c1ccc(C)cc1. The number of hydrogen-bond donors (Lipinski definition) is 1. The average Bonchev–Trinajstić information content (AvgIpc) is 2.93. The molecule has 7 nitrogen and oxygen atoms in total. The predicted molar refractivity (Wildman–Crippen MR) is 161 cm³/mol. The van der Waals surface area contributed by atoms with Crippen LogP contribution in [0.15, 0.2) is 83.8 Å². The molecule has 0 fully saturated rings. The average molecular weight is 584 g/mol. The van der Waals surface area contributed by atoms with Gasteiger partial charge in [0.25, 0.3) is 10.0 Å². The lowest BCUT2D eigenvalue weighted by Crippen LogP contribution is -2.53. The van der Waals surface area contributed by atoms with E-state index >= 15 is 0 Å². The summed E-state index contributed by atoms with van der Waals surface area (Å²) in [5.41, 5.74) is 2.11. The summed E-state index contributed by atoms with van der Waals surface area (Å²) in [7, 11) is -4.16. The van der Waals surface area contributed by atoms with E-state index < -0.39 is 28.5 Å². The molecule has 9 heteroatoms. The van der Waals surface area contributed by atoms with E-state index in [1.165, 1.54) is 17.0 Å². The van der Waals surface area contributed by atoms with Crippen LogP contribution in [0.4, 0.5) is 5.69 Å². The number of carbonyl (C=O) groups is 2. The highest BCUT2D eigenvalue weighted by Gasteiger charge is 2.34. The molecule has 0 saturated carbocycles. The van der Waals surface area contributed by atoms with Gasteiger partial charge in [-0.25, -0.2) is 8.42 Å². The molecular weight excluding hydrogens is 546 g/mol. The van der Waals surface area contributed by atoms with Gasteiger partial charge in [0.05, 0.1) is 15.6 Å². The molecular formula is C31H38ClN3O4S. The van der Waals surface area contributed by atoms with Gasteiger partial charge in [0.2, 0.25) is 11.8 Å². The van der Waals surface area contributed by atoms with Gasteiger partial charge >= 0.3 is 0 Å². The van der Waals surface area contributed by atoms with Crippen LogP contribution in [0.1, 0.15) is 38.3 Å². The number of amides is 2. The van der Waals surface area contributed by atoms with Gasteiger partial charge in [-0.2, -0.15) is 0 Å². The van der Waals surface area contributed by atoms with Crippen LogP contribution in [-0.2, 0) is 26.0 Å². The minimum atomic E-state index is -4.16. The second-order valence-corrected chi connectivity index (χ2v) is 12.4. The van der Waals surface area contributed by atoms with E-state index in [-0.39, 0.29) is 34.0 Å². The van der Waals surface area contributed by atoms with Crippen molar-refractivity contribution in [3.05, 3.63) is 95.0 Å². The number of hydrogen-bond acceptors (Lipinski definition) is 4. The molecule has 0 aliphatic carbocycles. The Hall–Kier alpha value is -3.36. The molecule has 0 bridgehead atoms. The first-order valence-electron chi connectivity index (χ1n) is 13.5. The Bertz CT molecular complexity index is 1380. The van der Waals surface area contributed by atoms with Crippen molar-refractivity contribution >= 4 is 39.1 Å². The van der Waals surface area contributed by atoms with Gasteiger partial charge in [0.1, 0.15) is 12.6 Å². The van der Waals surface area contributed by atoms with Gasteiger partial charge in [-0.1, -0.05) is 92.5 Å². The molecule has 0 aliphatic rings. The minimum Gasteiger partial charge on any atom is -0.354 e. The number of para-hydroxylation sites is 1. The first-order valence-corrected chi connectivity index (χ1v) is 15.3. The highest BCUT2D eigenvalue weighted by molar-refractivity contribution is 7.92. The largest absolute Gasteiger partial charge is 0.354 e. The molecule has 0 spiro atoms. The number of halogens is 1. The molecule has 40 heavy (non-hydrogen) atoms. The third kappa shape index (κ3) is 8.08. The quantitative estimate of drug-likeness (QED) is 0.289. The van der Waals surface area contributed by atoms with Crippen LogP contribution >= 0.6 is 11.6 Å². The van der Waals surface area contributed by atoms with E-state index in [4.69, 9.17) is 11.6 Å². The maximum Gasteiger partial charge on any atom is 0.264 e. The van der Waals surface area contributed by atoms with Crippen molar-refractivity contribution in [2.75, 3.05) is 23.9 Å². The lowest BCUT2D eigenvalue weighted by Gasteiger charge is -2.33. The molecule has 0 heterocycles. The second-order valence-electron chi connectivity index (χ2n) is 10.2. The first-order chi connectivity index (χ1) is 19.0. The van der Waals surface area contributed by atoms with Crippen LogP contribution < -0.4 is 9.62 Å². The Morgan fingerprint density at radius 3 is 2.15 bits per heavy atom. The van der Waals surface area contributed by atoms with Crippen LogP contribution in [0.25, 0.3) is 0 Å². The number of aryl methyl sites for hydroxylation is 1. The predicted octanol–water partition coefficient (Wildman–Crippen LogP) is 5.47. The number of sulfonamides is 1. The summed E-state index contributed by atoms with van der Waals surface area (Å²) in [4.78, 5) is 28.8. The fourth-order valence-corrected chi connectivity index (χ4v) is 6.04. The van der Waals surface area contributed by atoms with E-state index in [0.717, 1.165) is 15.4 Å². The summed E-state index contributed by atoms with van der Waals surface area (Å²) in [5, 5.41) is 3.13. The molecule has 0 saturated heterocycles. The standard InChI is InChI=1S/C31H38ClN3O4S/c1-5-28(31(37)33-21-23(2)3)34(20-19-25-11-7-6-8-12-25)30(36)22-35(29-14-10-9-13-27(29)32)40(38,39)26-17-15-24(4)16-18-26/h6-18,23,28H,5,19-22H2,1-4H3,(H,33,37)/t28-/m0/s1. The van der Waals surface area contributed by atoms with Gasteiger partial charge in [-0.15, -0.1) is 0 Å². The summed E-state index contributed by atoms with van der Waals surface area (Å²) in [6.45, 7) is 7.92. The third-order valence-electron chi connectivity index (χ3n) is 6.56. The van der Waals surface area contributed by atoms with E-state index in [1.807, 2.05) is 58.0 Å². The smallest absolute Gasteiger partial charge is 0.264 e. The van der Waals surface area contributed by atoms with Crippen LogP contribution in [0, 0.1) is 12.8 Å². The summed E-state index contributed by atoms with van der Waals surface area (Å²) in [6.07, 6.45) is 0.888.